The van der Waals surface area contributed by atoms with E-state index in [2.05, 4.69) is 10.5 Å². The topological polar surface area (TPSA) is 59.9 Å². The molecule has 0 radical (unpaired) electrons. The van der Waals surface area contributed by atoms with Crippen LogP contribution in [0.2, 0.25) is 0 Å². The largest absolute Gasteiger partial charge is 0.465 e. The third kappa shape index (κ3) is 4.35. The van der Waals surface area contributed by atoms with Crippen molar-refractivity contribution in [1.82, 2.24) is 5.32 Å². The summed E-state index contributed by atoms with van der Waals surface area (Å²) in [6.07, 6.45) is 1.46. The minimum Gasteiger partial charge on any atom is -0.465 e. The van der Waals surface area contributed by atoms with Crippen LogP contribution in [0.15, 0.2) is 35.5 Å². The Balaban J connectivity index is 1.73. The van der Waals surface area contributed by atoms with Crippen molar-refractivity contribution in [3.05, 3.63) is 35.9 Å². The van der Waals surface area contributed by atoms with Crippen molar-refractivity contribution in [2.24, 2.45) is 5.16 Å². The summed E-state index contributed by atoms with van der Waals surface area (Å²) in [5, 5.41) is 7.24. The molecule has 1 aromatic carbocycles. The van der Waals surface area contributed by atoms with Crippen LogP contribution in [0.1, 0.15) is 25.3 Å². The van der Waals surface area contributed by atoms with Gasteiger partial charge in [-0.05, 0) is 25.3 Å². The Kier molecular flexibility index (Phi) is 5.55. The molecule has 0 aromatic heterocycles. The summed E-state index contributed by atoms with van der Waals surface area (Å²) in [7, 11) is 0. The Morgan fingerprint density at radius 3 is 2.85 bits per heavy atom. The zero-order valence-corrected chi connectivity index (χ0v) is 11.7. The summed E-state index contributed by atoms with van der Waals surface area (Å²) in [6.45, 7) is 3.26. The first-order valence-corrected chi connectivity index (χ1v) is 6.91. The van der Waals surface area contributed by atoms with Crippen LogP contribution in [-0.2, 0) is 21.0 Å². The Hall–Kier alpha value is -1.88. The van der Waals surface area contributed by atoms with Gasteiger partial charge in [-0.3, -0.25) is 10.1 Å². The van der Waals surface area contributed by atoms with Crippen LogP contribution < -0.4 is 5.32 Å². The number of rotatable bonds is 5. The molecule has 0 saturated carbocycles. The predicted molar refractivity (Wildman–Crippen MR) is 76.3 cm³/mol. The fourth-order valence-corrected chi connectivity index (χ4v) is 2.04. The molecule has 1 aliphatic heterocycles. The lowest BCUT2D eigenvalue weighted by atomic mass is 10.0. The van der Waals surface area contributed by atoms with Crippen LogP contribution in [-0.4, -0.2) is 30.9 Å². The van der Waals surface area contributed by atoms with Gasteiger partial charge in [-0.1, -0.05) is 35.5 Å². The van der Waals surface area contributed by atoms with Crippen LogP contribution in [0, 0.1) is 0 Å². The molecule has 0 amide bonds. The number of carbonyl (C=O) groups is 1. The van der Waals surface area contributed by atoms with E-state index in [-0.39, 0.29) is 12.0 Å². The van der Waals surface area contributed by atoms with E-state index in [1.165, 1.54) is 0 Å². The van der Waals surface area contributed by atoms with E-state index in [4.69, 9.17) is 9.57 Å². The minimum atomic E-state index is -0.219. The van der Waals surface area contributed by atoms with Crippen LogP contribution in [0.3, 0.4) is 0 Å². The zero-order chi connectivity index (χ0) is 14.2. The lowest BCUT2D eigenvalue weighted by Gasteiger charge is -2.22. The summed E-state index contributed by atoms with van der Waals surface area (Å²) in [6, 6.07) is 9.68. The molecule has 1 saturated heterocycles. The first-order chi connectivity index (χ1) is 9.79. The zero-order valence-electron chi connectivity index (χ0n) is 11.7. The maximum Gasteiger partial charge on any atom is 0.323 e. The van der Waals surface area contributed by atoms with Crippen molar-refractivity contribution in [2.45, 2.75) is 32.4 Å². The van der Waals surface area contributed by atoms with Gasteiger partial charge in [0.05, 0.1) is 12.3 Å². The van der Waals surface area contributed by atoms with Gasteiger partial charge >= 0.3 is 5.97 Å². The molecule has 1 atom stereocenters. The number of oxime groups is 1. The van der Waals surface area contributed by atoms with E-state index in [9.17, 15) is 4.79 Å². The van der Waals surface area contributed by atoms with Crippen LogP contribution >= 0.6 is 0 Å². The molecule has 1 aromatic rings. The second-order valence-corrected chi connectivity index (χ2v) is 4.64. The van der Waals surface area contributed by atoms with Gasteiger partial charge in [0.25, 0.3) is 0 Å². The molecule has 2 rings (SSSR count). The highest BCUT2D eigenvalue weighted by Gasteiger charge is 2.24. The number of esters is 1. The van der Waals surface area contributed by atoms with E-state index >= 15 is 0 Å². The van der Waals surface area contributed by atoms with Crippen molar-refractivity contribution in [3.8, 4) is 0 Å². The maximum absolute atomic E-state index is 11.5. The quantitative estimate of drug-likeness (QED) is 0.659. The van der Waals surface area contributed by atoms with E-state index in [1.54, 1.807) is 0 Å². The second-order valence-electron chi connectivity index (χ2n) is 4.64. The molecule has 20 heavy (non-hydrogen) atoms. The van der Waals surface area contributed by atoms with Crippen molar-refractivity contribution in [1.29, 1.82) is 0 Å². The average molecular weight is 276 g/mol. The van der Waals surface area contributed by atoms with Crippen molar-refractivity contribution in [2.75, 3.05) is 13.2 Å². The van der Waals surface area contributed by atoms with Crippen molar-refractivity contribution >= 4 is 11.7 Å². The minimum absolute atomic E-state index is 0.184. The van der Waals surface area contributed by atoms with Crippen molar-refractivity contribution in [3.63, 3.8) is 0 Å². The van der Waals surface area contributed by atoms with E-state index in [0.717, 1.165) is 17.7 Å². The highest BCUT2D eigenvalue weighted by Crippen LogP contribution is 2.08. The second kappa shape index (κ2) is 7.65. The predicted octanol–water partition coefficient (Wildman–Crippen LogP) is 1.87. The van der Waals surface area contributed by atoms with Gasteiger partial charge in [-0.2, -0.15) is 0 Å². The standard InChI is InChI=1S/C15H20N2O3/c1-2-19-15(18)14-9-8-13(10-16-14)17-20-11-12-6-4-3-5-7-12/h3-7,14,16H,2,8-11H2,1H3. The lowest BCUT2D eigenvalue weighted by molar-refractivity contribution is -0.145. The SMILES string of the molecule is CCOC(=O)C1CCC(=NOCc2ccccc2)CN1. The van der Waals surface area contributed by atoms with Crippen LogP contribution in [0.5, 0.6) is 0 Å². The lowest BCUT2D eigenvalue weighted by Crippen LogP contribution is -2.45. The monoisotopic (exact) mass is 276 g/mol. The first kappa shape index (κ1) is 14.5. The normalized spacial score (nSPS) is 20.6. The number of hydrogen-bond donors (Lipinski definition) is 1. The van der Waals surface area contributed by atoms with E-state index < -0.39 is 0 Å². The Morgan fingerprint density at radius 2 is 2.20 bits per heavy atom. The fourth-order valence-electron chi connectivity index (χ4n) is 2.04. The molecule has 5 nitrogen and oxygen atoms in total. The molecular weight excluding hydrogens is 256 g/mol. The van der Waals surface area contributed by atoms with Crippen LogP contribution in [0.25, 0.3) is 0 Å². The van der Waals surface area contributed by atoms with Gasteiger partial charge in [-0.25, -0.2) is 0 Å². The van der Waals surface area contributed by atoms with Gasteiger partial charge < -0.3 is 9.57 Å². The maximum atomic E-state index is 11.5. The molecule has 0 spiro atoms. The third-order valence-electron chi connectivity index (χ3n) is 3.11. The van der Waals surface area contributed by atoms with E-state index in [0.29, 0.717) is 26.2 Å². The van der Waals surface area contributed by atoms with Gasteiger partial charge in [0.2, 0.25) is 0 Å². The summed E-state index contributed by atoms with van der Waals surface area (Å²) in [4.78, 5) is 16.9. The molecule has 0 aliphatic carbocycles. The first-order valence-electron chi connectivity index (χ1n) is 6.91. The van der Waals surface area contributed by atoms with Gasteiger partial charge in [0.15, 0.2) is 0 Å². The Bertz CT molecular complexity index is 449. The Labute approximate surface area is 118 Å². The van der Waals surface area contributed by atoms with E-state index in [1.807, 2.05) is 37.3 Å². The Morgan fingerprint density at radius 1 is 1.40 bits per heavy atom. The van der Waals surface area contributed by atoms with Gasteiger partial charge in [0, 0.05) is 6.54 Å². The van der Waals surface area contributed by atoms with Gasteiger partial charge in [-0.15, -0.1) is 0 Å². The molecular formula is C15H20N2O3. The number of piperidine rings is 1. The fraction of sp³-hybridized carbons (Fsp3) is 0.467. The average Bonchev–Trinajstić information content (AvgIpc) is 2.49. The summed E-state index contributed by atoms with van der Waals surface area (Å²) in [5.41, 5.74) is 2.02. The molecule has 0 bridgehead atoms. The molecule has 5 heteroatoms. The molecule has 1 unspecified atom stereocenters. The highest BCUT2D eigenvalue weighted by molar-refractivity contribution is 5.89. The highest BCUT2D eigenvalue weighted by atomic mass is 16.6. The molecule has 1 heterocycles. The number of nitrogens with one attached hydrogen (secondary N) is 1. The number of nitrogens with zero attached hydrogens (tertiary/aromatic N) is 1. The summed E-state index contributed by atoms with van der Waals surface area (Å²) in [5.74, 6) is -0.184. The smallest absolute Gasteiger partial charge is 0.323 e. The van der Waals surface area contributed by atoms with Gasteiger partial charge in [0.1, 0.15) is 12.6 Å². The summed E-state index contributed by atoms with van der Waals surface area (Å²) >= 11 is 0. The number of benzene rings is 1. The van der Waals surface area contributed by atoms with Crippen LogP contribution in [0.4, 0.5) is 0 Å². The number of hydrogen-bond acceptors (Lipinski definition) is 5. The van der Waals surface area contributed by atoms with Crippen molar-refractivity contribution < 1.29 is 14.4 Å². The third-order valence-corrected chi connectivity index (χ3v) is 3.11. The number of ether oxygens (including phenoxy) is 1. The molecule has 1 N–H and O–H groups in total. The molecule has 108 valence electrons. The number of carbonyl (C=O) groups excluding carboxylic acids is 1. The molecule has 1 aliphatic rings. The summed E-state index contributed by atoms with van der Waals surface area (Å²) < 4.78 is 4.98. The molecule has 1 fully saturated rings.